The minimum absolute atomic E-state index is 0.170. The van der Waals surface area contributed by atoms with E-state index in [1.807, 2.05) is 12.1 Å². The maximum absolute atomic E-state index is 13.5. The van der Waals surface area contributed by atoms with Crippen molar-refractivity contribution >= 4 is 6.16 Å². The van der Waals surface area contributed by atoms with Crippen LogP contribution in [0.1, 0.15) is 49.7 Å². The Hall–Kier alpha value is -2.43. The molecule has 0 aliphatic rings. The summed E-state index contributed by atoms with van der Waals surface area (Å²) in [4.78, 5) is 11.5. The molecule has 0 saturated carbocycles. The summed E-state index contributed by atoms with van der Waals surface area (Å²) in [5.41, 5.74) is 1.44. The van der Waals surface area contributed by atoms with Gasteiger partial charge in [0.25, 0.3) is 0 Å². The Morgan fingerprint density at radius 3 is 1.50 bits per heavy atom. The molecule has 2 rings (SSSR count). The molecule has 0 aliphatic heterocycles. The zero-order chi connectivity index (χ0) is 20.0. The first-order chi connectivity index (χ1) is 13.7. The SMILES string of the molecule is O=C(OCCCCCc1ccccc1F)OCCCCCc1ccccc1F. The molecule has 3 nitrogen and oxygen atoms in total. The molecule has 2 aromatic carbocycles. The molecule has 0 saturated heterocycles. The zero-order valence-electron chi connectivity index (χ0n) is 16.2. The van der Waals surface area contributed by atoms with Crippen LogP contribution in [-0.4, -0.2) is 19.4 Å². The molecule has 0 aliphatic carbocycles. The predicted molar refractivity (Wildman–Crippen MR) is 105 cm³/mol. The molecule has 5 heteroatoms. The van der Waals surface area contributed by atoms with Gasteiger partial charge in [0.15, 0.2) is 0 Å². The van der Waals surface area contributed by atoms with Gasteiger partial charge in [-0.15, -0.1) is 0 Å². The van der Waals surface area contributed by atoms with Gasteiger partial charge in [-0.05, 0) is 74.6 Å². The highest BCUT2D eigenvalue weighted by Crippen LogP contribution is 2.12. The van der Waals surface area contributed by atoms with Gasteiger partial charge in [0, 0.05) is 0 Å². The van der Waals surface area contributed by atoms with Crippen molar-refractivity contribution in [1.82, 2.24) is 0 Å². The van der Waals surface area contributed by atoms with Crippen LogP contribution >= 0.6 is 0 Å². The van der Waals surface area contributed by atoms with Crippen molar-refractivity contribution in [2.45, 2.75) is 51.4 Å². The second-order valence-corrected chi connectivity index (χ2v) is 6.75. The second kappa shape index (κ2) is 12.9. The number of unbranched alkanes of at least 4 members (excludes halogenated alkanes) is 4. The molecule has 0 N–H and O–H groups in total. The smallest absolute Gasteiger partial charge is 0.434 e. The molecule has 0 fully saturated rings. The van der Waals surface area contributed by atoms with Gasteiger partial charge in [0.1, 0.15) is 11.6 Å². The Balaban J connectivity index is 1.42. The lowest BCUT2D eigenvalue weighted by Crippen LogP contribution is -2.09. The fourth-order valence-electron chi connectivity index (χ4n) is 2.94. The maximum Gasteiger partial charge on any atom is 0.508 e. The summed E-state index contributed by atoms with van der Waals surface area (Å²) in [5.74, 6) is -0.340. The Kier molecular flexibility index (Phi) is 10.0. The highest BCUT2D eigenvalue weighted by atomic mass is 19.1. The Labute approximate surface area is 165 Å². The summed E-state index contributed by atoms with van der Waals surface area (Å²) < 4.78 is 37.0. The van der Waals surface area contributed by atoms with Gasteiger partial charge in [-0.2, -0.15) is 0 Å². The lowest BCUT2D eigenvalue weighted by atomic mass is 10.1. The van der Waals surface area contributed by atoms with Gasteiger partial charge < -0.3 is 9.47 Å². The molecule has 28 heavy (non-hydrogen) atoms. The van der Waals surface area contributed by atoms with Crippen LogP contribution in [0.4, 0.5) is 13.6 Å². The zero-order valence-corrected chi connectivity index (χ0v) is 16.2. The minimum Gasteiger partial charge on any atom is -0.434 e. The van der Waals surface area contributed by atoms with Crippen LogP contribution in [0.5, 0.6) is 0 Å². The standard InChI is InChI=1S/C23H28F2O3/c24-21-15-7-5-13-19(21)11-3-1-9-17-27-23(26)28-18-10-2-4-12-20-14-6-8-16-22(20)25/h5-8,13-16H,1-4,9-12,17-18H2. The van der Waals surface area contributed by atoms with Crippen molar-refractivity contribution < 1.29 is 23.0 Å². The third-order valence-corrected chi connectivity index (χ3v) is 4.54. The average molecular weight is 390 g/mol. The quantitative estimate of drug-likeness (QED) is 0.318. The number of aryl methyl sites for hydroxylation is 2. The van der Waals surface area contributed by atoms with Gasteiger partial charge in [-0.3, -0.25) is 0 Å². The number of hydrogen-bond donors (Lipinski definition) is 0. The first-order valence-corrected chi connectivity index (χ1v) is 9.93. The molecule has 0 amide bonds. The molecule has 0 atom stereocenters. The van der Waals surface area contributed by atoms with Crippen LogP contribution in [0.15, 0.2) is 48.5 Å². The first-order valence-electron chi connectivity index (χ1n) is 9.93. The number of benzene rings is 2. The topological polar surface area (TPSA) is 35.5 Å². The molecule has 0 unspecified atom stereocenters. The van der Waals surface area contributed by atoms with E-state index in [1.165, 1.54) is 12.1 Å². The van der Waals surface area contributed by atoms with Crippen LogP contribution in [-0.2, 0) is 22.3 Å². The van der Waals surface area contributed by atoms with Crippen LogP contribution in [0, 0.1) is 11.6 Å². The molecular formula is C23H28F2O3. The lowest BCUT2D eigenvalue weighted by molar-refractivity contribution is 0.0529. The molecule has 0 spiro atoms. The molecule has 0 heterocycles. The number of carbonyl (C=O) groups excluding carboxylic acids is 1. The molecule has 0 radical (unpaired) electrons. The van der Waals surface area contributed by atoms with Crippen molar-refractivity contribution in [2.75, 3.05) is 13.2 Å². The van der Waals surface area contributed by atoms with Gasteiger partial charge in [-0.25, -0.2) is 13.6 Å². The van der Waals surface area contributed by atoms with Crippen molar-refractivity contribution in [1.29, 1.82) is 0 Å². The maximum atomic E-state index is 13.5. The number of rotatable bonds is 12. The first kappa shape index (κ1) is 21.9. The normalized spacial score (nSPS) is 10.6. The van der Waals surface area contributed by atoms with Gasteiger partial charge in [0.05, 0.1) is 13.2 Å². The fourth-order valence-corrected chi connectivity index (χ4v) is 2.94. The summed E-state index contributed by atoms with van der Waals surface area (Å²) in [6.07, 6.45) is 5.59. The summed E-state index contributed by atoms with van der Waals surface area (Å²) in [6, 6.07) is 13.5. The van der Waals surface area contributed by atoms with E-state index in [4.69, 9.17) is 9.47 Å². The third kappa shape index (κ3) is 8.51. The van der Waals surface area contributed by atoms with E-state index in [0.717, 1.165) is 49.7 Å². The van der Waals surface area contributed by atoms with Crippen LogP contribution in [0.2, 0.25) is 0 Å². The van der Waals surface area contributed by atoms with E-state index in [9.17, 15) is 13.6 Å². The summed E-state index contributed by atoms with van der Waals surface area (Å²) >= 11 is 0. The number of carbonyl (C=O) groups is 1. The Morgan fingerprint density at radius 2 is 1.07 bits per heavy atom. The molecule has 2 aromatic rings. The number of halogens is 2. The third-order valence-electron chi connectivity index (χ3n) is 4.54. The van der Waals surface area contributed by atoms with Crippen LogP contribution in [0.3, 0.4) is 0 Å². The minimum atomic E-state index is -0.650. The molecule has 152 valence electrons. The lowest BCUT2D eigenvalue weighted by Gasteiger charge is -2.07. The monoisotopic (exact) mass is 390 g/mol. The van der Waals surface area contributed by atoms with E-state index in [2.05, 4.69) is 0 Å². The summed E-state index contributed by atoms with van der Waals surface area (Å²) in [5, 5.41) is 0. The largest absolute Gasteiger partial charge is 0.508 e. The Morgan fingerprint density at radius 1 is 0.643 bits per heavy atom. The van der Waals surface area contributed by atoms with E-state index in [1.54, 1.807) is 24.3 Å². The van der Waals surface area contributed by atoms with E-state index < -0.39 is 6.16 Å². The van der Waals surface area contributed by atoms with Crippen molar-refractivity contribution in [3.05, 3.63) is 71.3 Å². The summed E-state index contributed by atoms with van der Waals surface area (Å²) in [6.45, 7) is 0.618. The van der Waals surface area contributed by atoms with E-state index >= 15 is 0 Å². The van der Waals surface area contributed by atoms with Gasteiger partial charge in [0.2, 0.25) is 0 Å². The highest BCUT2D eigenvalue weighted by molar-refractivity contribution is 5.59. The molecule has 0 aromatic heterocycles. The molecular weight excluding hydrogens is 362 g/mol. The van der Waals surface area contributed by atoms with Crippen LogP contribution in [0.25, 0.3) is 0 Å². The number of ether oxygens (including phenoxy) is 2. The second-order valence-electron chi connectivity index (χ2n) is 6.75. The predicted octanol–water partition coefficient (Wildman–Crippen LogP) is 6.24. The van der Waals surface area contributed by atoms with E-state index in [0.29, 0.717) is 26.1 Å². The highest BCUT2D eigenvalue weighted by Gasteiger charge is 2.05. The fraction of sp³-hybridized carbons (Fsp3) is 0.435. The summed E-state index contributed by atoms with van der Waals surface area (Å²) in [7, 11) is 0. The average Bonchev–Trinajstić information content (AvgIpc) is 2.70. The van der Waals surface area contributed by atoms with E-state index in [-0.39, 0.29) is 11.6 Å². The van der Waals surface area contributed by atoms with Gasteiger partial charge in [-0.1, -0.05) is 36.4 Å². The number of hydrogen-bond acceptors (Lipinski definition) is 3. The van der Waals surface area contributed by atoms with Crippen LogP contribution < -0.4 is 0 Å². The van der Waals surface area contributed by atoms with Crippen molar-refractivity contribution in [3.63, 3.8) is 0 Å². The van der Waals surface area contributed by atoms with Gasteiger partial charge >= 0.3 is 6.16 Å². The van der Waals surface area contributed by atoms with Crippen molar-refractivity contribution in [2.24, 2.45) is 0 Å². The van der Waals surface area contributed by atoms with Crippen molar-refractivity contribution in [3.8, 4) is 0 Å². The molecule has 0 bridgehead atoms. The Bertz CT molecular complexity index is 659.